The predicted molar refractivity (Wildman–Crippen MR) is 105 cm³/mol. The molecule has 0 atom stereocenters. The summed E-state index contributed by atoms with van der Waals surface area (Å²) in [4.78, 5) is 14.3. The molecule has 4 nitrogen and oxygen atoms in total. The molecule has 3 rings (SSSR count). The van der Waals surface area contributed by atoms with Crippen molar-refractivity contribution in [1.82, 2.24) is 14.7 Å². The number of hydrogen-bond acceptors (Lipinski definition) is 2. The Morgan fingerprint density at radius 2 is 1.85 bits per heavy atom. The Labute approximate surface area is 159 Å². The van der Waals surface area contributed by atoms with E-state index in [1.807, 2.05) is 49.5 Å². The van der Waals surface area contributed by atoms with E-state index in [0.29, 0.717) is 23.7 Å². The molecule has 2 aromatic carbocycles. The van der Waals surface area contributed by atoms with Crippen LogP contribution in [0, 0.1) is 0 Å². The van der Waals surface area contributed by atoms with Gasteiger partial charge in [0.05, 0.1) is 18.3 Å². The summed E-state index contributed by atoms with van der Waals surface area (Å²) in [6.45, 7) is 1.26. The number of amides is 1. The highest BCUT2D eigenvalue weighted by Crippen LogP contribution is 2.16. The second-order valence-corrected chi connectivity index (χ2v) is 6.74. The van der Waals surface area contributed by atoms with E-state index >= 15 is 0 Å². The predicted octanol–water partition coefficient (Wildman–Crippen LogP) is 4.29. The molecule has 0 aliphatic heterocycles. The van der Waals surface area contributed by atoms with Gasteiger partial charge in [0.15, 0.2) is 0 Å². The SMILES string of the molecule is CN(CCCc1ccccc1)C(=O)c1cnn(Cc2ccccc2Cl)c1. The van der Waals surface area contributed by atoms with Crippen molar-refractivity contribution in [2.75, 3.05) is 13.6 Å². The van der Waals surface area contributed by atoms with E-state index in [9.17, 15) is 4.79 Å². The van der Waals surface area contributed by atoms with Crippen LogP contribution in [0.15, 0.2) is 67.0 Å². The Bertz CT molecular complexity index is 860. The minimum Gasteiger partial charge on any atom is -0.342 e. The summed E-state index contributed by atoms with van der Waals surface area (Å²) in [5.41, 5.74) is 2.87. The number of hydrogen-bond donors (Lipinski definition) is 0. The van der Waals surface area contributed by atoms with Crippen LogP contribution < -0.4 is 0 Å². The third-order valence-electron chi connectivity index (χ3n) is 4.32. The number of nitrogens with zero attached hydrogens (tertiary/aromatic N) is 3. The normalized spacial score (nSPS) is 10.7. The van der Waals surface area contributed by atoms with Crippen LogP contribution in [-0.4, -0.2) is 34.2 Å². The molecule has 5 heteroatoms. The molecule has 3 aromatic rings. The molecule has 0 unspecified atom stereocenters. The van der Waals surface area contributed by atoms with Crippen molar-refractivity contribution < 1.29 is 4.79 Å². The van der Waals surface area contributed by atoms with E-state index in [1.165, 1.54) is 5.56 Å². The fourth-order valence-electron chi connectivity index (χ4n) is 2.85. The van der Waals surface area contributed by atoms with Gasteiger partial charge in [-0.2, -0.15) is 5.10 Å². The van der Waals surface area contributed by atoms with Crippen LogP contribution in [0.1, 0.15) is 27.9 Å². The summed E-state index contributed by atoms with van der Waals surface area (Å²) in [5, 5.41) is 5.00. The number of halogens is 1. The smallest absolute Gasteiger partial charge is 0.256 e. The largest absolute Gasteiger partial charge is 0.342 e. The molecule has 1 heterocycles. The highest BCUT2D eigenvalue weighted by molar-refractivity contribution is 6.31. The number of carbonyl (C=O) groups is 1. The minimum absolute atomic E-state index is 0.0107. The third-order valence-corrected chi connectivity index (χ3v) is 4.69. The molecule has 1 amide bonds. The molecule has 0 aliphatic carbocycles. The third kappa shape index (κ3) is 4.73. The molecular weight excluding hydrogens is 346 g/mol. The first-order valence-electron chi connectivity index (χ1n) is 8.69. The zero-order valence-electron chi connectivity index (χ0n) is 14.8. The number of benzene rings is 2. The fraction of sp³-hybridized carbons (Fsp3) is 0.238. The molecule has 0 bridgehead atoms. The molecule has 0 saturated heterocycles. The lowest BCUT2D eigenvalue weighted by molar-refractivity contribution is 0.0793. The summed E-state index contributed by atoms with van der Waals surface area (Å²) in [7, 11) is 1.83. The van der Waals surface area contributed by atoms with Crippen LogP contribution in [-0.2, 0) is 13.0 Å². The molecule has 1 aromatic heterocycles. The van der Waals surface area contributed by atoms with E-state index in [4.69, 9.17) is 11.6 Å². The van der Waals surface area contributed by atoms with Crippen molar-refractivity contribution in [3.05, 3.63) is 88.7 Å². The Balaban J connectivity index is 1.54. The lowest BCUT2D eigenvalue weighted by Crippen LogP contribution is -2.27. The molecule has 0 N–H and O–H groups in total. The maximum Gasteiger partial charge on any atom is 0.256 e. The van der Waals surface area contributed by atoms with Gasteiger partial charge in [0.1, 0.15) is 0 Å². The molecule has 0 spiro atoms. The standard InChI is InChI=1S/C21H22ClN3O/c1-24(13-7-10-17-8-3-2-4-9-17)21(26)19-14-23-25(16-19)15-18-11-5-6-12-20(18)22/h2-6,8-9,11-12,14,16H,7,10,13,15H2,1H3. The van der Waals surface area contributed by atoms with E-state index in [2.05, 4.69) is 17.2 Å². The summed E-state index contributed by atoms with van der Waals surface area (Å²) in [6, 6.07) is 18.0. The second-order valence-electron chi connectivity index (χ2n) is 6.33. The van der Waals surface area contributed by atoms with Crippen molar-refractivity contribution in [3.8, 4) is 0 Å². The van der Waals surface area contributed by atoms with E-state index in [0.717, 1.165) is 18.4 Å². The monoisotopic (exact) mass is 367 g/mol. The maximum atomic E-state index is 12.6. The highest BCUT2D eigenvalue weighted by Gasteiger charge is 2.14. The summed E-state index contributed by atoms with van der Waals surface area (Å²) in [5.74, 6) is -0.0107. The Hall–Kier alpha value is -2.59. The summed E-state index contributed by atoms with van der Waals surface area (Å²) >= 11 is 6.19. The van der Waals surface area contributed by atoms with E-state index in [1.54, 1.807) is 22.0 Å². The zero-order chi connectivity index (χ0) is 18.4. The van der Waals surface area contributed by atoms with Crippen LogP contribution in [0.2, 0.25) is 5.02 Å². The zero-order valence-corrected chi connectivity index (χ0v) is 15.6. The van der Waals surface area contributed by atoms with E-state index in [-0.39, 0.29) is 5.91 Å². The van der Waals surface area contributed by atoms with Crippen LogP contribution in [0.3, 0.4) is 0 Å². The topological polar surface area (TPSA) is 38.1 Å². The maximum absolute atomic E-state index is 12.6. The first-order valence-corrected chi connectivity index (χ1v) is 9.06. The van der Waals surface area contributed by atoms with E-state index < -0.39 is 0 Å². The highest BCUT2D eigenvalue weighted by atomic mass is 35.5. The van der Waals surface area contributed by atoms with Gasteiger partial charge in [0.2, 0.25) is 0 Å². The van der Waals surface area contributed by atoms with Crippen molar-refractivity contribution in [2.24, 2.45) is 0 Å². The number of rotatable bonds is 7. The quantitative estimate of drug-likeness (QED) is 0.624. The van der Waals surface area contributed by atoms with Gasteiger partial charge >= 0.3 is 0 Å². The molecule has 0 fully saturated rings. The van der Waals surface area contributed by atoms with Gasteiger partial charge in [-0.25, -0.2) is 0 Å². The lowest BCUT2D eigenvalue weighted by Gasteiger charge is -2.16. The van der Waals surface area contributed by atoms with Crippen LogP contribution in [0.5, 0.6) is 0 Å². The van der Waals surface area contributed by atoms with Crippen molar-refractivity contribution in [1.29, 1.82) is 0 Å². The average molecular weight is 368 g/mol. The van der Waals surface area contributed by atoms with Gasteiger partial charge < -0.3 is 4.90 Å². The molecule has 0 aliphatic rings. The first kappa shape index (κ1) is 18.2. The van der Waals surface area contributed by atoms with Gasteiger partial charge in [0, 0.05) is 24.8 Å². The van der Waals surface area contributed by atoms with Gasteiger partial charge in [0.25, 0.3) is 5.91 Å². The second kappa shape index (κ2) is 8.68. The van der Waals surface area contributed by atoms with Gasteiger partial charge in [-0.05, 0) is 30.0 Å². The molecule has 26 heavy (non-hydrogen) atoms. The Morgan fingerprint density at radius 1 is 1.12 bits per heavy atom. The molecule has 0 saturated carbocycles. The number of aromatic nitrogens is 2. The number of carbonyl (C=O) groups excluding carboxylic acids is 1. The first-order chi connectivity index (χ1) is 12.6. The van der Waals surface area contributed by atoms with Crippen LogP contribution in [0.25, 0.3) is 0 Å². The number of aryl methyl sites for hydroxylation is 1. The van der Waals surface area contributed by atoms with Gasteiger partial charge in [-0.15, -0.1) is 0 Å². The van der Waals surface area contributed by atoms with Crippen molar-refractivity contribution in [3.63, 3.8) is 0 Å². The lowest BCUT2D eigenvalue weighted by atomic mass is 10.1. The molecule has 134 valence electrons. The average Bonchev–Trinajstić information content (AvgIpc) is 3.12. The van der Waals surface area contributed by atoms with Crippen molar-refractivity contribution >= 4 is 17.5 Å². The van der Waals surface area contributed by atoms with Crippen molar-refractivity contribution in [2.45, 2.75) is 19.4 Å². The Morgan fingerprint density at radius 3 is 2.62 bits per heavy atom. The van der Waals surface area contributed by atoms with Crippen LogP contribution >= 0.6 is 11.6 Å². The van der Waals surface area contributed by atoms with Crippen LogP contribution in [0.4, 0.5) is 0 Å². The fourth-order valence-corrected chi connectivity index (χ4v) is 3.04. The molecule has 0 radical (unpaired) electrons. The Kier molecular flexibility index (Phi) is 6.08. The van der Waals surface area contributed by atoms with Gasteiger partial charge in [-0.3, -0.25) is 9.48 Å². The van der Waals surface area contributed by atoms with Gasteiger partial charge in [-0.1, -0.05) is 60.1 Å². The molecular formula is C21H22ClN3O. The summed E-state index contributed by atoms with van der Waals surface area (Å²) in [6.07, 6.45) is 5.29. The minimum atomic E-state index is -0.0107. The summed E-state index contributed by atoms with van der Waals surface area (Å²) < 4.78 is 1.74.